The normalized spacial score (nSPS) is 15.2. The van der Waals surface area contributed by atoms with Crippen LogP contribution in [0.25, 0.3) is 0 Å². The summed E-state index contributed by atoms with van der Waals surface area (Å²) in [4.78, 5) is 20.5. The van der Waals surface area contributed by atoms with Crippen LogP contribution in [0, 0.1) is 0 Å². The van der Waals surface area contributed by atoms with Crippen molar-refractivity contribution in [2.45, 2.75) is 31.8 Å². The molecule has 0 aromatic carbocycles. The fraction of sp³-hybridized carbons (Fsp3) is 0.714. The number of hydrogen-bond donors (Lipinski definition) is 3. The predicted octanol–water partition coefficient (Wildman–Crippen LogP) is 0.0769. The maximum absolute atomic E-state index is 10.4. The van der Waals surface area contributed by atoms with E-state index in [4.69, 9.17) is 10.2 Å². The van der Waals surface area contributed by atoms with Gasteiger partial charge in [0.2, 0.25) is 0 Å². The molecule has 0 aliphatic heterocycles. The van der Waals surface area contributed by atoms with Crippen molar-refractivity contribution in [3.8, 4) is 0 Å². The standard InChI is InChI=1S/C7H12O5/c1-2-7(12,6(10)11)4-3-5(8)9/h12H,2-4H2,1H3,(H,8,9)(H,10,11)/t7-/m0/s1. The van der Waals surface area contributed by atoms with Crippen molar-refractivity contribution < 1.29 is 24.9 Å². The van der Waals surface area contributed by atoms with Gasteiger partial charge in [0.25, 0.3) is 0 Å². The summed E-state index contributed by atoms with van der Waals surface area (Å²) < 4.78 is 0. The second kappa shape index (κ2) is 4.06. The second-order valence-electron chi connectivity index (χ2n) is 2.58. The Labute approximate surface area is 69.6 Å². The summed E-state index contributed by atoms with van der Waals surface area (Å²) in [6.07, 6.45) is -0.583. The number of carboxylic acids is 2. The van der Waals surface area contributed by atoms with Gasteiger partial charge in [-0.2, -0.15) is 0 Å². The molecular weight excluding hydrogens is 164 g/mol. The van der Waals surface area contributed by atoms with Crippen LogP contribution in [0.1, 0.15) is 26.2 Å². The van der Waals surface area contributed by atoms with Crippen LogP contribution in [-0.4, -0.2) is 32.9 Å². The third-order valence-electron chi connectivity index (χ3n) is 1.74. The van der Waals surface area contributed by atoms with Crippen molar-refractivity contribution in [1.29, 1.82) is 0 Å². The molecule has 0 aromatic heterocycles. The molecule has 0 unspecified atom stereocenters. The minimum atomic E-state index is -1.89. The number of aliphatic carboxylic acids is 2. The first kappa shape index (κ1) is 10.9. The molecule has 0 saturated carbocycles. The Bertz CT molecular complexity index is 188. The average Bonchev–Trinajstić information content (AvgIpc) is 1.99. The van der Waals surface area contributed by atoms with Gasteiger partial charge in [0.15, 0.2) is 5.60 Å². The molecule has 5 nitrogen and oxygen atoms in total. The van der Waals surface area contributed by atoms with E-state index in [2.05, 4.69) is 0 Å². The largest absolute Gasteiger partial charge is 0.481 e. The zero-order chi connectivity index (χ0) is 9.78. The van der Waals surface area contributed by atoms with Gasteiger partial charge < -0.3 is 15.3 Å². The topological polar surface area (TPSA) is 94.8 Å². The lowest BCUT2D eigenvalue weighted by atomic mass is 9.95. The first-order chi connectivity index (χ1) is 5.42. The Morgan fingerprint density at radius 1 is 1.33 bits per heavy atom. The highest BCUT2D eigenvalue weighted by Gasteiger charge is 2.33. The van der Waals surface area contributed by atoms with Gasteiger partial charge in [-0.05, 0) is 12.8 Å². The minimum Gasteiger partial charge on any atom is -0.481 e. The summed E-state index contributed by atoms with van der Waals surface area (Å²) in [6.45, 7) is 1.50. The fourth-order valence-corrected chi connectivity index (χ4v) is 0.749. The highest BCUT2D eigenvalue weighted by molar-refractivity contribution is 5.78. The summed E-state index contributed by atoms with van der Waals surface area (Å²) in [5.41, 5.74) is -1.89. The molecule has 0 rings (SSSR count). The lowest BCUT2D eigenvalue weighted by Crippen LogP contribution is -2.38. The van der Waals surface area contributed by atoms with Crippen LogP contribution in [0.4, 0.5) is 0 Å². The molecule has 0 heterocycles. The molecule has 0 aliphatic carbocycles. The van der Waals surface area contributed by atoms with Gasteiger partial charge in [-0.15, -0.1) is 0 Å². The maximum Gasteiger partial charge on any atom is 0.335 e. The average molecular weight is 176 g/mol. The number of hydrogen-bond acceptors (Lipinski definition) is 3. The van der Waals surface area contributed by atoms with Crippen molar-refractivity contribution in [2.75, 3.05) is 0 Å². The van der Waals surface area contributed by atoms with Gasteiger partial charge in [0.05, 0.1) is 0 Å². The van der Waals surface area contributed by atoms with Crippen LogP contribution < -0.4 is 0 Å². The molecule has 0 bridgehead atoms. The van der Waals surface area contributed by atoms with Gasteiger partial charge in [0.1, 0.15) is 0 Å². The minimum absolute atomic E-state index is 0.00954. The highest BCUT2D eigenvalue weighted by atomic mass is 16.4. The number of carboxylic acid groups (broad SMARTS) is 2. The summed E-state index contributed by atoms with van der Waals surface area (Å²) in [6, 6.07) is 0. The number of carbonyl (C=O) groups is 2. The number of aliphatic hydroxyl groups is 1. The van der Waals surface area contributed by atoms with E-state index in [0.717, 1.165) is 0 Å². The smallest absolute Gasteiger partial charge is 0.335 e. The third kappa shape index (κ3) is 2.87. The zero-order valence-corrected chi connectivity index (χ0v) is 6.78. The summed E-state index contributed by atoms with van der Waals surface area (Å²) in [5, 5.41) is 26.0. The summed E-state index contributed by atoms with van der Waals surface area (Å²) in [7, 11) is 0. The fourth-order valence-electron chi connectivity index (χ4n) is 0.749. The lowest BCUT2D eigenvalue weighted by molar-refractivity contribution is -0.160. The van der Waals surface area contributed by atoms with Gasteiger partial charge in [-0.1, -0.05) is 6.92 Å². The van der Waals surface area contributed by atoms with E-state index in [1.54, 1.807) is 0 Å². The Balaban J connectivity index is 4.15. The molecule has 0 spiro atoms. The van der Waals surface area contributed by atoms with Gasteiger partial charge >= 0.3 is 11.9 Å². The predicted molar refractivity (Wildman–Crippen MR) is 39.7 cm³/mol. The van der Waals surface area contributed by atoms with Gasteiger partial charge in [-0.3, -0.25) is 4.79 Å². The summed E-state index contributed by atoms with van der Waals surface area (Å²) >= 11 is 0. The van der Waals surface area contributed by atoms with Crippen LogP contribution in [-0.2, 0) is 9.59 Å². The van der Waals surface area contributed by atoms with Crippen molar-refractivity contribution in [2.24, 2.45) is 0 Å². The van der Waals surface area contributed by atoms with Crippen LogP contribution in [0.3, 0.4) is 0 Å². The molecule has 0 radical (unpaired) electrons. The highest BCUT2D eigenvalue weighted by Crippen LogP contribution is 2.17. The number of rotatable bonds is 5. The molecule has 1 atom stereocenters. The zero-order valence-electron chi connectivity index (χ0n) is 6.78. The van der Waals surface area contributed by atoms with Crippen LogP contribution in [0.5, 0.6) is 0 Å². The maximum atomic E-state index is 10.4. The van der Waals surface area contributed by atoms with E-state index < -0.39 is 17.5 Å². The first-order valence-corrected chi connectivity index (χ1v) is 3.60. The van der Waals surface area contributed by atoms with Crippen LogP contribution >= 0.6 is 0 Å². The van der Waals surface area contributed by atoms with Crippen LogP contribution in [0.2, 0.25) is 0 Å². The van der Waals surface area contributed by atoms with Crippen molar-refractivity contribution in [3.05, 3.63) is 0 Å². The van der Waals surface area contributed by atoms with Crippen LogP contribution in [0.15, 0.2) is 0 Å². The molecule has 0 amide bonds. The van der Waals surface area contributed by atoms with E-state index in [1.807, 2.05) is 0 Å². The van der Waals surface area contributed by atoms with E-state index in [9.17, 15) is 14.7 Å². The van der Waals surface area contributed by atoms with Crippen molar-refractivity contribution in [3.63, 3.8) is 0 Å². The molecule has 0 fully saturated rings. The monoisotopic (exact) mass is 176 g/mol. The molecule has 70 valence electrons. The first-order valence-electron chi connectivity index (χ1n) is 3.60. The molecule has 12 heavy (non-hydrogen) atoms. The van der Waals surface area contributed by atoms with Crippen molar-refractivity contribution >= 4 is 11.9 Å². The summed E-state index contributed by atoms with van der Waals surface area (Å²) in [5.74, 6) is -2.48. The van der Waals surface area contributed by atoms with E-state index in [-0.39, 0.29) is 19.3 Å². The van der Waals surface area contributed by atoms with E-state index in [1.165, 1.54) is 6.92 Å². The molecular formula is C7H12O5. The Morgan fingerprint density at radius 3 is 2.08 bits per heavy atom. The van der Waals surface area contributed by atoms with Crippen molar-refractivity contribution in [1.82, 2.24) is 0 Å². The SMILES string of the molecule is CC[C@](O)(CCC(=O)O)C(=O)O. The van der Waals surface area contributed by atoms with Gasteiger partial charge in [-0.25, -0.2) is 4.79 Å². The second-order valence-corrected chi connectivity index (χ2v) is 2.58. The molecule has 5 heteroatoms. The molecule has 0 aliphatic rings. The molecule has 0 saturated heterocycles. The third-order valence-corrected chi connectivity index (χ3v) is 1.74. The Morgan fingerprint density at radius 2 is 1.83 bits per heavy atom. The lowest BCUT2D eigenvalue weighted by Gasteiger charge is -2.19. The van der Waals surface area contributed by atoms with E-state index >= 15 is 0 Å². The Hall–Kier alpha value is -1.10. The Kier molecular flexibility index (Phi) is 3.69. The quantitative estimate of drug-likeness (QED) is 0.551. The van der Waals surface area contributed by atoms with Gasteiger partial charge in [0, 0.05) is 6.42 Å². The van der Waals surface area contributed by atoms with E-state index in [0.29, 0.717) is 0 Å². The molecule has 3 N–H and O–H groups in total. The molecule has 0 aromatic rings.